The number of rotatable bonds is 6. The first kappa shape index (κ1) is 24.5. The largest absolute Gasteiger partial charge is 0.336 e. The van der Waals surface area contributed by atoms with Crippen LogP contribution in [0.2, 0.25) is 0 Å². The van der Waals surface area contributed by atoms with Gasteiger partial charge in [0.1, 0.15) is 4.90 Å². The molecule has 36 heavy (non-hydrogen) atoms. The number of fused-ring (bicyclic) bond motifs is 1. The summed E-state index contributed by atoms with van der Waals surface area (Å²) in [6.07, 6.45) is 8.94. The van der Waals surface area contributed by atoms with Crippen LogP contribution in [0.15, 0.2) is 71.3 Å². The number of allylic oxidation sites excluding steroid dienone is 1. The van der Waals surface area contributed by atoms with E-state index in [2.05, 4.69) is 20.7 Å². The normalized spacial score (nSPS) is 17.1. The number of amides is 1. The molecule has 2 aliphatic rings. The molecule has 7 nitrogen and oxygen atoms in total. The van der Waals surface area contributed by atoms with E-state index in [0.29, 0.717) is 35.4 Å². The molecule has 0 unspecified atom stereocenters. The van der Waals surface area contributed by atoms with Crippen LogP contribution in [-0.2, 0) is 10.0 Å². The van der Waals surface area contributed by atoms with Crippen molar-refractivity contribution in [2.45, 2.75) is 37.5 Å². The van der Waals surface area contributed by atoms with Crippen molar-refractivity contribution >= 4 is 32.5 Å². The zero-order valence-corrected chi connectivity index (χ0v) is 21.4. The number of carbonyl (C=O) groups excluding carboxylic acids is 1. The predicted octanol–water partition coefficient (Wildman–Crippen LogP) is 4.60. The maximum absolute atomic E-state index is 13.2. The number of hydrogen-bond donors (Lipinski definition) is 1. The number of aryl methyl sites for hydroxylation is 1. The molecule has 0 spiro atoms. The Morgan fingerprint density at radius 3 is 2.58 bits per heavy atom. The minimum Gasteiger partial charge on any atom is -0.336 e. The Kier molecular flexibility index (Phi) is 7.07. The Morgan fingerprint density at radius 2 is 1.83 bits per heavy atom. The molecule has 0 bridgehead atoms. The molecule has 8 heteroatoms. The van der Waals surface area contributed by atoms with Crippen LogP contribution in [0.1, 0.15) is 41.6 Å². The van der Waals surface area contributed by atoms with Crippen LogP contribution < -0.4 is 4.72 Å². The van der Waals surface area contributed by atoms with Crippen LogP contribution in [0.5, 0.6) is 0 Å². The van der Waals surface area contributed by atoms with Crippen LogP contribution in [0.4, 0.5) is 5.69 Å². The van der Waals surface area contributed by atoms with E-state index in [0.717, 1.165) is 25.0 Å². The molecule has 1 aromatic heterocycles. The molecule has 5 rings (SSSR count). The SMILES string of the molecule is Cc1cc(C(=O)N2CCN(CC3=CCCCC3)CC2)ccc1NS(=O)(=O)c1cccc2cccnc12. The van der Waals surface area contributed by atoms with Crippen molar-refractivity contribution in [1.82, 2.24) is 14.8 Å². The average Bonchev–Trinajstić information content (AvgIpc) is 2.90. The van der Waals surface area contributed by atoms with Crippen LogP contribution >= 0.6 is 0 Å². The Labute approximate surface area is 212 Å². The Hall–Kier alpha value is -3.23. The van der Waals surface area contributed by atoms with Crippen molar-refractivity contribution in [3.8, 4) is 0 Å². The lowest BCUT2D eigenvalue weighted by Crippen LogP contribution is -2.49. The number of carbonyl (C=O) groups is 1. The zero-order chi connectivity index (χ0) is 25.1. The van der Waals surface area contributed by atoms with Crippen molar-refractivity contribution in [2.75, 3.05) is 37.4 Å². The summed E-state index contributed by atoms with van der Waals surface area (Å²) in [4.78, 5) is 21.9. The van der Waals surface area contributed by atoms with Gasteiger partial charge in [0, 0.05) is 49.9 Å². The number of nitrogens with one attached hydrogen (secondary N) is 1. The maximum atomic E-state index is 13.2. The summed E-state index contributed by atoms with van der Waals surface area (Å²) in [5, 5.41) is 0.758. The molecule has 1 saturated heterocycles. The lowest BCUT2D eigenvalue weighted by molar-refractivity contribution is 0.0646. The summed E-state index contributed by atoms with van der Waals surface area (Å²) < 4.78 is 29.0. The molecule has 2 aromatic carbocycles. The van der Waals surface area contributed by atoms with Gasteiger partial charge in [0.25, 0.3) is 15.9 Å². The van der Waals surface area contributed by atoms with Crippen LogP contribution in [0.3, 0.4) is 0 Å². The standard InChI is InChI=1S/C28H32N4O3S/c1-21-19-24(28(33)32-17-15-31(16-18-32)20-22-7-3-2-4-8-22)12-13-25(21)30-36(34,35)26-11-5-9-23-10-6-14-29-27(23)26/h5-7,9-14,19,30H,2-4,8,15-18,20H2,1H3. The molecule has 1 aliphatic heterocycles. The number of para-hydroxylation sites is 1. The summed E-state index contributed by atoms with van der Waals surface area (Å²) >= 11 is 0. The number of piperazine rings is 1. The highest BCUT2D eigenvalue weighted by Crippen LogP contribution is 2.26. The third-order valence-electron chi connectivity index (χ3n) is 7.07. The van der Waals surface area contributed by atoms with Gasteiger partial charge in [-0.1, -0.05) is 29.8 Å². The molecule has 0 atom stereocenters. The van der Waals surface area contributed by atoms with Gasteiger partial charge in [0.05, 0.1) is 11.2 Å². The summed E-state index contributed by atoms with van der Waals surface area (Å²) in [6.45, 7) is 5.98. The van der Waals surface area contributed by atoms with Gasteiger partial charge in [-0.2, -0.15) is 0 Å². The Bertz CT molecular complexity index is 1400. The van der Waals surface area contributed by atoms with Crippen molar-refractivity contribution < 1.29 is 13.2 Å². The number of anilines is 1. The zero-order valence-electron chi connectivity index (χ0n) is 20.6. The summed E-state index contributed by atoms with van der Waals surface area (Å²) in [6, 6.07) is 13.8. The molecule has 1 N–H and O–H groups in total. The molecule has 188 valence electrons. The molecular weight excluding hydrogens is 472 g/mol. The molecule has 3 aromatic rings. The Balaban J connectivity index is 1.25. The van der Waals surface area contributed by atoms with E-state index >= 15 is 0 Å². The van der Waals surface area contributed by atoms with Crippen LogP contribution in [-0.4, -0.2) is 61.8 Å². The molecular formula is C28H32N4O3S. The number of benzene rings is 2. The lowest BCUT2D eigenvalue weighted by Gasteiger charge is -2.35. The minimum absolute atomic E-state index is 0.0118. The molecule has 0 radical (unpaired) electrons. The summed E-state index contributed by atoms with van der Waals surface area (Å²) in [5.41, 5.74) is 3.68. The molecule has 0 saturated carbocycles. The van der Waals surface area contributed by atoms with Crippen LogP contribution in [0.25, 0.3) is 10.9 Å². The topological polar surface area (TPSA) is 82.6 Å². The second kappa shape index (κ2) is 10.4. The lowest BCUT2D eigenvalue weighted by atomic mass is 9.99. The highest BCUT2D eigenvalue weighted by molar-refractivity contribution is 7.93. The van der Waals surface area contributed by atoms with E-state index in [1.165, 1.54) is 31.3 Å². The van der Waals surface area contributed by atoms with Crippen molar-refractivity contribution in [3.05, 3.63) is 77.5 Å². The van der Waals surface area contributed by atoms with Crippen molar-refractivity contribution in [3.63, 3.8) is 0 Å². The first-order valence-corrected chi connectivity index (χ1v) is 14.1. The highest BCUT2D eigenvalue weighted by Gasteiger charge is 2.24. The van der Waals surface area contributed by atoms with E-state index in [-0.39, 0.29) is 10.8 Å². The van der Waals surface area contributed by atoms with Gasteiger partial charge in [-0.3, -0.25) is 19.4 Å². The monoisotopic (exact) mass is 504 g/mol. The quantitative estimate of drug-likeness (QED) is 0.496. The van der Waals surface area contributed by atoms with Gasteiger partial charge in [0.15, 0.2) is 0 Å². The highest BCUT2D eigenvalue weighted by atomic mass is 32.2. The first-order chi connectivity index (χ1) is 17.4. The van der Waals surface area contributed by atoms with Gasteiger partial charge < -0.3 is 4.90 Å². The van der Waals surface area contributed by atoms with E-state index in [9.17, 15) is 13.2 Å². The van der Waals surface area contributed by atoms with E-state index < -0.39 is 10.0 Å². The third-order valence-corrected chi connectivity index (χ3v) is 8.47. The number of nitrogens with zero attached hydrogens (tertiary/aromatic N) is 3. The second-order valence-corrected chi connectivity index (χ2v) is 11.3. The smallest absolute Gasteiger partial charge is 0.264 e. The van der Waals surface area contributed by atoms with E-state index in [1.54, 1.807) is 42.6 Å². The van der Waals surface area contributed by atoms with Gasteiger partial charge in [-0.05, 0) is 68.5 Å². The fourth-order valence-electron chi connectivity index (χ4n) is 5.03. The second-order valence-electron chi connectivity index (χ2n) is 9.64. The van der Waals surface area contributed by atoms with E-state index in [4.69, 9.17) is 0 Å². The molecule has 1 amide bonds. The van der Waals surface area contributed by atoms with Gasteiger partial charge in [0.2, 0.25) is 0 Å². The third kappa shape index (κ3) is 5.29. The average molecular weight is 505 g/mol. The summed E-state index contributed by atoms with van der Waals surface area (Å²) in [7, 11) is -3.85. The van der Waals surface area contributed by atoms with E-state index in [1.807, 2.05) is 24.0 Å². The maximum Gasteiger partial charge on any atom is 0.264 e. The first-order valence-electron chi connectivity index (χ1n) is 12.6. The van der Waals surface area contributed by atoms with Gasteiger partial charge in [-0.25, -0.2) is 8.42 Å². The minimum atomic E-state index is -3.85. The number of pyridine rings is 1. The molecule has 1 fully saturated rings. The number of sulfonamides is 1. The number of aromatic nitrogens is 1. The Morgan fingerprint density at radius 1 is 1.03 bits per heavy atom. The van der Waals surface area contributed by atoms with Crippen molar-refractivity contribution in [2.24, 2.45) is 0 Å². The predicted molar refractivity (Wildman–Crippen MR) is 143 cm³/mol. The summed E-state index contributed by atoms with van der Waals surface area (Å²) in [5.74, 6) is -0.0118. The fourth-order valence-corrected chi connectivity index (χ4v) is 6.34. The molecule has 1 aliphatic carbocycles. The van der Waals surface area contributed by atoms with Gasteiger partial charge in [-0.15, -0.1) is 0 Å². The molecule has 2 heterocycles. The number of hydrogen-bond acceptors (Lipinski definition) is 5. The van der Waals surface area contributed by atoms with Crippen LogP contribution in [0, 0.1) is 6.92 Å². The van der Waals surface area contributed by atoms with Gasteiger partial charge >= 0.3 is 0 Å². The van der Waals surface area contributed by atoms with Crippen molar-refractivity contribution in [1.29, 1.82) is 0 Å². The fraction of sp³-hybridized carbons (Fsp3) is 0.357.